The summed E-state index contributed by atoms with van der Waals surface area (Å²) < 4.78 is 16.5. The molecule has 1 aromatic heterocycles. The van der Waals surface area contributed by atoms with Crippen molar-refractivity contribution in [2.45, 2.75) is 0 Å². The summed E-state index contributed by atoms with van der Waals surface area (Å²) >= 11 is 0. The molecule has 3 nitrogen and oxygen atoms in total. The van der Waals surface area contributed by atoms with E-state index in [9.17, 15) is 0 Å². The number of aromatic nitrogens is 1. The van der Waals surface area contributed by atoms with Crippen molar-refractivity contribution in [2.24, 2.45) is 0 Å². The van der Waals surface area contributed by atoms with Gasteiger partial charge in [-0.2, -0.15) is 0 Å². The van der Waals surface area contributed by atoms with Crippen molar-refractivity contribution >= 4 is 83.3 Å². The molecule has 4 heteroatoms. The van der Waals surface area contributed by atoms with Gasteiger partial charge in [0.15, 0.2) is 7.14 Å². The first kappa shape index (κ1) is 31.7. The Hall–Kier alpha value is -6.80. The Morgan fingerprint density at radius 3 is 1.75 bits per heavy atom. The van der Waals surface area contributed by atoms with Crippen LogP contribution in [0.5, 0.6) is 0 Å². The van der Waals surface area contributed by atoms with Gasteiger partial charge in [0.25, 0.3) is 0 Å². The van der Waals surface area contributed by atoms with Crippen LogP contribution in [0.1, 0.15) is 0 Å². The van der Waals surface area contributed by atoms with Crippen LogP contribution in [-0.4, -0.2) is 4.98 Å². The third kappa shape index (κ3) is 4.77. The number of hydrogen-bond acceptors (Lipinski definition) is 3. The Bertz CT molecular complexity index is 3150. The highest BCUT2D eigenvalue weighted by Crippen LogP contribution is 2.54. The fraction of sp³-hybridized carbons (Fsp3) is 0. The van der Waals surface area contributed by atoms with Crippen LogP contribution in [0.15, 0.2) is 200 Å². The number of anilines is 3. The summed E-state index contributed by atoms with van der Waals surface area (Å²) in [6.07, 6.45) is 0. The number of pyridine rings is 1. The lowest BCUT2D eigenvalue weighted by atomic mass is 9.86. The average molecular weight is 721 g/mol. The maximum Gasteiger partial charge on any atom is 0.192 e. The second-order valence-corrected chi connectivity index (χ2v) is 16.8. The summed E-state index contributed by atoms with van der Waals surface area (Å²) in [6.45, 7) is 0. The Morgan fingerprint density at radius 1 is 0.418 bits per heavy atom. The molecule has 0 fully saturated rings. The highest BCUT2D eigenvalue weighted by molar-refractivity contribution is 7.85. The summed E-state index contributed by atoms with van der Waals surface area (Å²) in [7, 11) is -3.51. The molecule has 0 saturated heterocycles. The average Bonchev–Trinajstić information content (AvgIpc) is 3.25. The van der Waals surface area contributed by atoms with Gasteiger partial charge in [-0.3, -0.25) is 0 Å². The van der Waals surface area contributed by atoms with Crippen LogP contribution in [0, 0.1) is 0 Å². The predicted molar refractivity (Wildman–Crippen MR) is 233 cm³/mol. The number of hydrogen-bond donors (Lipinski definition) is 0. The minimum atomic E-state index is -3.51. The highest BCUT2D eigenvalue weighted by atomic mass is 31.2. The molecule has 11 rings (SSSR count). The Balaban J connectivity index is 1.23. The van der Waals surface area contributed by atoms with E-state index in [0.717, 1.165) is 71.2 Å². The van der Waals surface area contributed by atoms with Crippen LogP contribution >= 0.6 is 7.14 Å². The Kier molecular flexibility index (Phi) is 7.14. The van der Waals surface area contributed by atoms with Crippen molar-refractivity contribution in [1.82, 2.24) is 4.98 Å². The van der Waals surface area contributed by atoms with Gasteiger partial charge in [0.1, 0.15) is 5.44 Å². The second-order valence-electron chi connectivity index (χ2n) is 14.2. The zero-order chi connectivity index (χ0) is 36.5. The van der Waals surface area contributed by atoms with Gasteiger partial charge >= 0.3 is 0 Å². The summed E-state index contributed by atoms with van der Waals surface area (Å²) in [5, 5.41) is 10.7. The number of benzene rings is 9. The van der Waals surface area contributed by atoms with Crippen LogP contribution in [-0.2, 0) is 4.57 Å². The van der Waals surface area contributed by atoms with Crippen molar-refractivity contribution in [2.75, 3.05) is 4.90 Å². The first-order chi connectivity index (χ1) is 27.2. The summed E-state index contributed by atoms with van der Waals surface area (Å²) in [4.78, 5) is 7.84. The molecule has 258 valence electrons. The van der Waals surface area contributed by atoms with E-state index in [1.807, 2.05) is 54.6 Å². The van der Waals surface area contributed by atoms with E-state index in [2.05, 4.69) is 150 Å². The fourth-order valence-corrected chi connectivity index (χ4v) is 11.7. The molecule has 0 saturated carbocycles. The maximum absolute atomic E-state index is 16.5. The predicted octanol–water partition coefficient (Wildman–Crippen LogP) is 12.5. The first-order valence-electron chi connectivity index (χ1n) is 18.7. The van der Waals surface area contributed by atoms with Crippen LogP contribution in [0.4, 0.5) is 17.1 Å². The van der Waals surface area contributed by atoms with Crippen molar-refractivity contribution in [1.29, 1.82) is 0 Å². The minimum Gasteiger partial charge on any atom is -0.307 e. The van der Waals surface area contributed by atoms with Gasteiger partial charge in [0, 0.05) is 21.9 Å². The molecular formula is C51H33N2OP. The van der Waals surface area contributed by atoms with E-state index in [1.165, 1.54) is 21.9 Å². The molecule has 1 aliphatic heterocycles. The molecule has 1 unspecified atom stereocenters. The Labute approximate surface area is 319 Å². The van der Waals surface area contributed by atoms with E-state index in [-0.39, 0.29) is 0 Å². The molecule has 0 bridgehead atoms. The van der Waals surface area contributed by atoms with E-state index in [0.29, 0.717) is 5.44 Å². The van der Waals surface area contributed by atoms with Crippen LogP contribution < -0.4 is 20.9 Å². The topological polar surface area (TPSA) is 33.2 Å². The molecule has 0 N–H and O–H groups in total. The highest BCUT2D eigenvalue weighted by Gasteiger charge is 2.43. The van der Waals surface area contributed by atoms with Crippen molar-refractivity contribution in [3.05, 3.63) is 200 Å². The Morgan fingerprint density at radius 2 is 1.00 bits per heavy atom. The monoisotopic (exact) mass is 720 g/mol. The van der Waals surface area contributed by atoms with Crippen LogP contribution in [0.2, 0.25) is 0 Å². The number of para-hydroxylation sites is 2. The van der Waals surface area contributed by atoms with Crippen molar-refractivity contribution < 1.29 is 4.57 Å². The largest absolute Gasteiger partial charge is 0.307 e. The van der Waals surface area contributed by atoms with Gasteiger partial charge < -0.3 is 9.46 Å². The van der Waals surface area contributed by atoms with Crippen LogP contribution in [0.25, 0.3) is 65.5 Å². The number of rotatable bonds is 4. The van der Waals surface area contributed by atoms with Gasteiger partial charge in [0.05, 0.1) is 17.1 Å². The van der Waals surface area contributed by atoms with E-state index in [1.54, 1.807) is 0 Å². The molecule has 0 amide bonds. The van der Waals surface area contributed by atoms with Crippen molar-refractivity contribution in [3.8, 4) is 22.4 Å². The fourth-order valence-electron chi connectivity index (χ4n) is 8.78. The molecule has 9 aromatic carbocycles. The number of fused-ring (bicyclic) bond motifs is 6. The number of nitrogens with zero attached hydrogens (tertiary/aromatic N) is 2. The lowest BCUT2D eigenvalue weighted by molar-refractivity contribution is 0.592. The lowest BCUT2D eigenvalue weighted by Gasteiger charge is -2.37. The molecule has 0 spiro atoms. The molecular weight excluding hydrogens is 688 g/mol. The standard InChI is InChI=1S/C51H33N2OP/c54-55(38-30-29-34-15-4-5-17-36(34)33-38)48-28-13-12-27-46(48)53(37-19-2-1-3-20-37)47-32-31-45(52-51(47)55)50-43-24-10-8-22-41(43)49(42-23-9-11-25-44(42)50)40-26-14-18-35-16-6-7-21-39(35)40/h1-33H. The zero-order valence-corrected chi connectivity index (χ0v) is 30.7. The lowest BCUT2D eigenvalue weighted by Crippen LogP contribution is -2.38. The van der Waals surface area contributed by atoms with Gasteiger partial charge in [-0.25, -0.2) is 4.98 Å². The zero-order valence-electron chi connectivity index (χ0n) is 29.8. The molecule has 0 aliphatic carbocycles. The van der Waals surface area contributed by atoms with Gasteiger partial charge in [0.2, 0.25) is 0 Å². The molecule has 1 atom stereocenters. The molecule has 1 aliphatic rings. The summed E-state index contributed by atoms with van der Waals surface area (Å²) in [5.41, 5.74) is 7.55. The second kappa shape index (κ2) is 12.4. The van der Waals surface area contributed by atoms with Crippen LogP contribution in [0.3, 0.4) is 0 Å². The first-order valence-corrected chi connectivity index (χ1v) is 20.4. The van der Waals surface area contributed by atoms with E-state index < -0.39 is 7.14 Å². The maximum atomic E-state index is 16.5. The smallest absolute Gasteiger partial charge is 0.192 e. The quantitative estimate of drug-likeness (QED) is 0.134. The molecule has 0 radical (unpaired) electrons. The van der Waals surface area contributed by atoms with Crippen molar-refractivity contribution in [3.63, 3.8) is 0 Å². The minimum absolute atomic E-state index is 0.592. The van der Waals surface area contributed by atoms with Gasteiger partial charge in [-0.1, -0.05) is 158 Å². The van der Waals surface area contributed by atoms with Gasteiger partial charge in [-0.15, -0.1) is 0 Å². The summed E-state index contributed by atoms with van der Waals surface area (Å²) in [5.74, 6) is 0. The molecule has 10 aromatic rings. The van der Waals surface area contributed by atoms with E-state index in [4.69, 9.17) is 4.98 Å². The van der Waals surface area contributed by atoms with E-state index >= 15 is 4.57 Å². The van der Waals surface area contributed by atoms with Gasteiger partial charge in [-0.05, 0) is 96.7 Å². The molecule has 55 heavy (non-hydrogen) atoms. The third-order valence-corrected chi connectivity index (χ3v) is 14.2. The molecule has 2 heterocycles. The summed E-state index contributed by atoms with van der Waals surface area (Å²) in [6, 6.07) is 69.8. The SMILES string of the molecule is O=P1(c2ccc3ccccc3c2)c2ccccc2N(c2ccccc2)c2ccc(-c3c4ccccc4c(-c4cccc5ccccc45)c4ccccc34)nc21. The third-order valence-electron chi connectivity index (χ3n) is 11.2. The normalized spacial score (nSPS) is 15.0.